The van der Waals surface area contributed by atoms with Crippen LogP contribution in [0.4, 0.5) is 0 Å². The molecule has 0 bridgehead atoms. The molecule has 2 rings (SSSR count). The molecule has 102 valence electrons. The van der Waals surface area contributed by atoms with Crippen LogP contribution < -0.4 is 0 Å². The molecule has 4 heteroatoms. The summed E-state index contributed by atoms with van der Waals surface area (Å²) in [4.78, 5) is 0. The molecule has 0 radical (unpaired) electrons. The highest BCUT2D eigenvalue weighted by Gasteiger charge is 2.50. The summed E-state index contributed by atoms with van der Waals surface area (Å²) in [6.45, 7) is 10.2. The van der Waals surface area contributed by atoms with E-state index in [4.69, 9.17) is 20.9 Å². The topological polar surface area (TPSA) is 18.5 Å². The van der Waals surface area contributed by atoms with Crippen LogP contribution in [0, 0.1) is 0 Å². The highest BCUT2D eigenvalue weighted by atomic mass is 35.5. The van der Waals surface area contributed by atoms with E-state index in [0.29, 0.717) is 0 Å². The first-order valence-electron chi connectivity index (χ1n) is 6.52. The quantitative estimate of drug-likeness (QED) is 0.748. The second-order valence-corrected chi connectivity index (χ2v) is 6.36. The van der Waals surface area contributed by atoms with Crippen molar-refractivity contribution >= 4 is 24.3 Å². The van der Waals surface area contributed by atoms with Crippen molar-refractivity contribution in [3.8, 4) is 0 Å². The summed E-state index contributed by atoms with van der Waals surface area (Å²) in [6.07, 6.45) is 0. The van der Waals surface area contributed by atoms with E-state index in [9.17, 15) is 0 Å². The van der Waals surface area contributed by atoms with Gasteiger partial charge in [0.25, 0.3) is 0 Å². The van der Waals surface area contributed by atoms with E-state index >= 15 is 0 Å². The highest BCUT2D eigenvalue weighted by molar-refractivity contribution is 6.53. The van der Waals surface area contributed by atoms with Gasteiger partial charge in [-0.25, -0.2) is 0 Å². The second kappa shape index (κ2) is 4.97. The van der Waals surface area contributed by atoms with Gasteiger partial charge in [0, 0.05) is 5.02 Å². The second-order valence-electron chi connectivity index (χ2n) is 5.95. The Kier molecular flexibility index (Phi) is 3.83. The summed E-state index contributed by atoms with van der Waals surface area (Å²) in [5.41, 5.74) is 1.45. The lowest BCUT2D eigenvalue weighted by atomic mass is 9.85. The third-order valence-electron chi connectivity index (χ3n) is 3.96. The Hall–Kier alpha value is -0.765. The van der Waals surface area contributed by atoms with Crippen molar-refractivity contribution in [2.75, 3.05) is 0 Å². The molecule has 1 aromatic rings. The van der Waals surface area contributed by atoms with Crippen molar-refractivity contribution in [3.05, 3.63) is 40.8 Å². The molecule has 0 aliphatic carbocycles. The predicted molar refractivity (Wildman–Crippen MR) is 81.2 cm³/mol. The first kappa shape index (κ1) is 14.6. The van der Waals surface area contributed by atoms with Crippen LogP contribution in [0.3, 0.4) is 0 Å². The Morgan fingerprint density at radius 3 is 2.16 bits per heavy atom. The van der Waals surface area contributed by atoms with Crippen molar-refractivity contribution < 1.29 is 9.31 Å². The molecule has 1 fully saturated rings. The van der Waals surface area contributed by atoms with E-state index in [-0.39, 0.29) is 18.3 Å². The molecule has 2 nitrogen and oxygen atoms in total. The van der Waals surface area contributed by atoms with Crippen molar-refractivity contribution in [3.63, 3.8) is 0 Å². The fourth-order valence-electron chi connectivity index (χ4n) is 2.03. The Morgan fingerprint density at radius 2 is 1.63 bits per heavy atom. The summed E-state index contributed by atoms with van der Waals surface area (Å²) in [5, 5.41) is 0.743. The summed E-state index contributed by atoms with van der Waals surface area (Å²) in [6, 6.07) is 7.79. The molecule has 0 N–H and O–H groups in total. The molecule has 1 aromatic carbocycles. The van der Waals surface area contributed by atoms with Crippen molar-refractivity contribution in [1.82, 2.24) is 0 Å². The van der Waals surface area contributed by atoms with E-state index in [1.807, 2.05) is 64.9 Å². The van der Waals surface area contributed by atoms with Crippen LogP contribution in [0.15, 0.2) is 30.2 Å². The number of hydrogen-bond donors (Lipinski definition) is 0. The van der Waals surface area contributed by atoms with Crippen LogP contribution in [0.2, 0.25) is 5.02 Å². The van der Waals surface area contributed by atoms with Gasteiger partial charge in [0.05, 0.1) is 11.2 Å². The van der Waals surface area contributed by atoms with Gasteiger partial charge in [-0.3, -0.25) is 0 Å². The van der Waals surface area contributed by atoms with Crippen LogP contribution in [0.5, 0.6) is 0 Å². The number of halogens is 1. The minimum Gasteiger partial charge on any atom is -0.400 e. The van der Waals surface area contributed by atoms with Crippen molar-refractivity contribution in [1.29, 1.82) is 0 Å². The molecule has 0 amide bonds. The van der Waals surface area contributed by atoms with E-state index in [1.165, 1.54) is 0 Å². The average Bonchev–Trinajstić information content (AvgIpc) is 2.47. The Bertz CT molecular complexity index is 493. The lowest BCUT2D eigenvalue weighted by molar-refractivity contribution is 0.00578. The molecule has 0 atom stereocenters. The first-order chi connectivity index (χ1) is 8.73. The number of hydrogen-bond acceptors (Lipinski definition) is 2. The minimum atomic E-state index is -0.332. The zero-order valence-electron chi connectivity index (χ0n) is 12.2. The highest BCUT2D eigenvalue weighted by Crippen LogP contribution is 2.37. The Balaban J connectivity index is 2.22. The van der Waals surface area contributed by atoms with Crippen LogP contribution in [-0.2, 0) is 9.31 Å². The van der Waals surface area contributed by atoms with Gasteiger partial charge in [-0.1, -0.05) is 35.8 Å². The predicted octanol–water partition coefficient (Wildman–Crippen LogP) is 4.37. The van der Waals surface area contributed by atoms with Crippen LogP contribution >= 0.6 is 11.6 Å². The van der Waals surface area contributed by atoms with Gasteiger partial charge in [-0.15, -0.1) is 0 Å². The van der Waals surface area contributed by atoms with Gasteiger partial charge in [0.1, 0.15) is 0 Å². The van der Waals surface area contributed by atoms with E-state index in [2.05, 4.69) is 0 Å². The molecular formula is C15H20BClO2. The molecule has 19 heavy (non-hydrogen) atoms. The molecule has 0 unspecified atom stereocenters. The first-order valence-corrected chi connectivity index (χ1v) is 6.90. The maximum absolute atomic E-state index is 6.19. The third kappa shape index (κ3) is 2.89. The molecule has 0 aromatic heterocycles. The molecule has 0 saturated carbocycles. The standard InChI is InChI=1S/C15H20BClO2/c1-11(12-8-6-7-9-13(12)17)10-16-18-14(2,3)15(4,5)19-16/h6-10H,1-5H3/b11-10+. The number of benzene rings is 1. The van der Waals surface area contributed by atoms with Gasteiger partial charge in [0.15, 0.2) is 0 Å². The number of allylic oxidation sites excluding steroid dienone is 1. The summed E-state index contributed by atoms with van der Waals surface area (Å²) >= 11 is 6.19. The molecule has 1 saturated heterocycles. The normalized spacial score (nSPS) is 21.8. The van der Waals surface area contributed by atoms with Crippen LogP contribution in [-0.4, -0.2) is 18.3 Å². The smallest absolute Gasteiger partial charge is 0.400 e. The van der Waals surface area contributed by atoms with Gasteiger partial charge in [0.2, 0.25) is 0 Å². The number of rotatable bonds is 2. The largest absolute Gasteiger partial charge is 0.487 e. The SMILES string of the molecule is C/C(=C\B1OC(C)(C)C(C)(C)O1)c1ccccc1Cl. The summed E-state index contributed by atoms with van der Waals surface area (Å²) in [7, 11) is -0.332. The van der Waals surface area contributed by atoms with Crippen LogP contribution in [0.25, 0.3) is 5.57 Å². The van der Waals surface area contributed by atoms with Gasteiger partial charge in [-0.05, 0) is 51.8 Å². The van der Waals surface area contributed by atoms with Crippen molar-refractivity contribution in [2.24, 2.45) is 0 Å². The molecule has 1 aliphatic heterocycles. The van der Waals surface area contributed by atoms with Crippen molar-refractivity contribution in [2.45, 2.75) is 45.8 Å². The zero-order chi connectivity index (χ0) is 14.3. The maximum Gasteiger partial charge on any atom is 0.487 e. The van der Waals surface area contributed by atoms with E-state index in [0.717, 1.165) is 16.2 Å². The molecule has 1 aliphatic rings. The third-order valence-corrected chi connectivity index (χ3v) is 4.29. The molecular weight excluding hydrogens is 258 g/mol. The van der Waals surface area contributed by atoms with E-state index < -0.39 is 0 Å². The van der Waals surface area contributed by atoms with Crippen LogP contribution in [0.1, 0.15) is 40.2 Å². The average molecular weight is 279 g/mol. The Morgan fingerprint density at radius 1 is 1.11 bits per heavy atom. The van der Waals surface area contributed by atoms with Gasteiger partial charge < -0.3 is 9.31 Å². The minimum absolute atomic E-state index is 0.311. The summed E-state index contributed by atoms with van der Waals surface area (Å²) < 4.78 is 11.9. The van der Waals surface area contributed by atoms with Gasteiger partial charge >= 0.3 is 7.12 Å². The monoisotopic (exact) mass is 278 g/mol. The van der Waals surface area contributed by atoms with E-state index in [1.54, 1.807) is 0 Å². The van der Waals surface area contributed by atoms with Gasteiger partial charge in [-0.2, -0.15) is 0 Å². The molecule has 0 spiro atoms. The zero-order valence-corrected chi connectivity index (χ0v) is 12.9. The Labute approximate surface area is 120 Å². The lowest BCUT2D eigenvalue weighted by Gasteiger charge is -2.32. The lowest BCUT2D eigenvalue weighted by Crippen LogP contribution is -2.41. The summed E-state index contributed by atoms with van der Waals surface area (Å²) in [5.74, 6) is 1.98. The fraction of sp³-hybridized carbons (Fsp3) is 0.467. The molecule has 1 heterocycles. The fourth-order valence-corrected chi connectivity index (χ4v) is 2.32. The maximum atomic E-state index is 6.19.